The number of hydrazone groups is 1. The van der Waals surface area contributed by atoms with Crippen LogP contribution in [0, 0.1) is 0 Å². The van der Waals surface area contributed by atoms with E-state index in [-0.39, 0.29) is 4.90 Å². The summed E-state index contributed by atoms with van der Waals surface area (Å²) >= 11 is 5.90. The predicted octanol–water partition coefficient (Wildman–Crippen LogP) is 3.44. The maximum atomic E-state index is 12.3. The number of rotatable bonds is 7. The average molecular weight is 405 g/mol. The SMILES string of the molecule is CCOc1ccc(S(=O)(=O)N/N=C/c2cn[nH]c2-c2ccc(Cl)cc2)cc1. The van der Waals surface area contributed by atoms with Gasteiger partial charge in [0, 0.05) is 16.1 Å². The van der Waals surface area contributed by atoms with Crippen molar-refractivity contribution in [1.82, 2.24) is 15.0 Å². The lowest BCUT2D eigenvalue weighted by atomic mass is 10.1. The summed E-state index contributed by atoms with van der Waals surface area (Å²) in [6.07, 6.45) is 2.94. The van der Waals surface area contributed by atoms with Gasteiger partial charge in [-0.15, -0.1) is 0 Å². The Hall–Kier alpha value is -2.84. The summed E-state index contributed by atoms with van der Waals surface area (Å²) in [5.74, 6) is 0.603. The van der Waals surface area contributed by atoms with Crippen molar-refractivity contribution in [3.63, 3.8) is 0 Å². The predicted molar refractivity (Wildman–Crippen MR) is 105 cm³/mol. The van der Waals surface area contributed by atoms with Crippen molar-refractivity contribution < 1.29 is 13.2 Å². The van der Waals surface area contributed by atoms with Crippen LogP contribution in [-0.2, 0) is 10.0 Å². The summed E-state index contributed by atoms with van der Waals surface area (Å²) in [6, 6.07) is 13.3. The highest BCUT2D eigenvalue weighted by Gasteiger charge is 2.13. The Morgan fingerprint density at radius 3 is 2.56 bits per heavy atom. The molecule has 0 bridgehead atoms. The zero-order valence-corrected chi connectivity index (χ0v) is 16.0. The Labute approximate surface area is 162 Å². The molecule has 0 aliphatic heterocycles. The largest absolute Gasteiger partial charge is 0.494 e. The van der Waals surface area contributed by atoms with E-state index in [1.165, 1.54) is 18.3 Å². The van der Waals surface area contributed by atoms with Crippen molar-refractivity contribution in [3.8, 4) is 17.0 Å². The second kappa shape index (κ2) is 8.24. The molecule has 3 rings (SSSR count). The van der Waals surface area contributed by atoms with Gasteiger partial charge in [-0.3, -0.25) is 5.10 Å². The number of benzene rings is 2. The standard InChI is InChI=1S/C18H17ClN4O3S/c1-2-26-16-7-9-17(10-8-16)27(24,25)23-21-12-14-11-20-22-18(14)13-3-5-15(19)6-4-13/h3-12,23H,2H2,1H3,(H,20,22)/b21-12+. The van der Waals surface area contributed by atoms with Gasteiger partial charge >= 0.3 is 0 Å². The smallest absolute Gasteiger partial charge is 0.276 e. The summed E-state index contributed by atoms with van der Waals surface area (Å²) in [5.41, 5.74) is 2.19. The summed E-state index contributed by atoms with van der Waals surface area (Å²) in [5, 5.41) is 11.3. The molecule has 0 aliphatic carbocycles. The van der Waals surface area contributed by atoms with E-state index >= 15 is 0 Å². The number of hydrogen-bond acceptors (Lipinski definition) is 5. The second-order valence-electron chi connectivity index (χ2n) is 5.46. The van der Waals surface area contributed by atoms with E-state index in [2.05, 4.69) is 20.1 Å². The topological polar surface area (TPSA) is 96.4 Å². The molecule has 2 N–H and O–H groups in total. The Morgan fingerprint density at radius 2 is 1.89 bits per heavy atom. The Balaban J connectivity index is 1.74. The zero-order chi connectivity index (χ0) is 19.3. The molecule has 0 saturated heterocycles. The summed E-state index contributed by atoms with van der Waals surface area (Å²) in [7, 11) is -3.78. The van der Waals surface area contributed by atoms with Crippen LogP contribution in [0.1, 0.15) is 12.5 Å². The molecule has 0 spiro atoms. The summed E-state index contributed by atoms with van der Waals surface area (Å²) in [6.45, 7) is 2.37. The van der Waals surface area contributed by atoms with Crippen molar-refractivity contribution in [2.45, 2.75) is 11.8 Å². The first kappa shape index (κ1) is 18.9. The normalized spacial score (nSPS) is 11.6. The van der Waals surface area contributed by atoms with Crippen molar-refractivity contribution in [2.24, 2.45) is 5.10 Å². The Kier molecular flexibility index (Phi) is 5.78. The van der Waals surface area contributed by atoms with Crippen LogP contribution in [0.4, 0.5) is 0 Å². The Morgan fingerprint density at radius 1 is 1.19 bits per heavy atom. The average Bonchev–Trinajstić information content (AvgIpc) is 3.11. The van der Waals surface area contributed by atoms with Crippen LogP contribution in [-0.4, -0.2) is 31.4 Å². The van der Waals surface area contributed by atoms with Crippen molar-refractivity contribution in [1.29, 1.82) is 0 Å². The number of halogens is 1. The van der Waals surface area contributed by atoms with Gasteiger partial charge in [0.2, 0.25) is 0 Å². The van der Waals surface area contributed by atoms with Crippen molar-refractivity contribution >= 4 is 27.8 Å². The summed E-state index contributed by atoms with van der Waals surface area (Å²) in [4.78, 5) is 2.28. The van der Waals surface area contributed by atoms with Crippen molar-refractivity contribution in [2.75, 3.05) is 6.61 Å². The fourth-order valence-corrected chi connectivity index (χ4v) is 3.26. The monoisotopic (exact) mass is 404 g/mol. The number of H-pyrrole nitrogens is 1. The van der Waals surface area contributed by atoms with Gasteiger partial charge in [-0.1, -0.05) is 23.7 Å². The number of aromatic amines is 1. The number of nitrogens with zero attached hydrogens (tertiary/aromatic N) is 2. The van der Waals surface area contributed by atoms with E-state index in [1.54, 1.807) is 30.5 Å². The lowest BCUT2D eigenvalue weighted by Crippen LogP contribution is -2.18. The quantitative estimate of drug-likeness (QED) is 0.465. The molecular weight excluding hydrogens is 388 g/mol. The van der Waals surface area contributed by atoms with Gasteiger partial charge in [-0.05, 0) is 43.3 Å². The van der Waals surface area contributed by atoms with Gasteiger partial charge in [-0.25, -0.2) is 4.83 Å². The first-order valence-electron chi connectivity index (χ1n) is 8.06. The van der Waals surface area contributed by atoms with Gasteiger partial charge in [0.05, 0.1) is 29.6 Å². The van der Waals surface area contributed by atoms with E-state index < -0.39 is 10.0 Å². The second-order valence-corrected chi connectivity index (χ2v) is 7.56. The molecule has 0 saturated carbocycles. The van der Waals surface area contributed by atoms with Crippen LogP contribution >= 0.6 is 11.6 Å². The number of nitrogens with one attached hydrogen (secondary N) is 2. The molecule has 3 aromatic rings. The Bertz CT molecular complexity index is 1030. The van der Waals surface area contributed by atoms with E-state index in [0.717, 1.165) is 5.56 Å². The number of sulfonamides is 1. The highest BCUT2D eigenvalue weighted by atomic mass is 35.5. The lowest BCUT2D eigenvalue weighted by Gasteiger charge is -2.06. The van der Waals surface area contributed by atoms with E-state index in [4.69, 9.17) is 16.3 Å². The maximum absolute atomic E-state index is 12.3. The van der Waals surface area contributed by atoms with Crippen LogP contribution in [0.5, 0.6) is 5.75 Å². The third kappa shape index (κ3) is 4.66. The molecule has 2 aromatic carbocycles. The van der Waals surface area contributed by atoms with Gasteiger partial charge in [-0.2, -0.15) is 18.6 Å². The zero-order valence-electron chi connectivity index (χ0n) is 14.4. The van der Waals surface area contributed by atoms with E-state index in [9.17, 15) is 8.42 Å². The summed E-state index contributed by atoms with van der Waals surface area (Å²) < 4.78 is 29.9. The van der Waals surface area contributed by atoms with Gasteiger partial charge in [0.25, 0.3) is 10.0 Å². The molecule has 7 nitrogen and oxygen atoms in total. The van der Waals surface area contributed by atoms with Crippen LogP contribution in [0.15, 0.2) is 64.7 Å². The minimum atomic E-state index is -3.78. The molecule has 1 aromatic heterocycles. The minimum Gasteiger partial charge on any atom is -0.494 e. The third-order valence-electron chi connectivity index (χ3n) is 3.62. The molecular formula is C18H17ClN4O3S. The van der Waals surface area contributed by atoms with Crippen molar-refractivity contribution in [3.05, 3.63) is 65.3 Å². The fourth-order valence-electron chi connectivity index (χ4n) is 2.34. The highest BCUT2D eigenvalue weighted by molar-refractivity contribution is 7.89. The molecule has 0 aliphatic rings. The lowest BCUT2D eigenvalue weighted by molar-refractivity contribution is 0.340. The molecule has 0 amide bonds. The molecule has 0 unspecified atom stereocenters. The molecule has 0 fully saturated rings. The number of aromatic nitrogens is 2. The van der Waals surface area contributed by atoms with E-state index in [1.807, 2.05) is 19.1 Å². The molecule has 0 radical (unpaired) electrons. The molecule has 140 valence electrons. The van der Waals surface area contributed by atoms with Crippen LogP contribution in [0.3, 0.4) is 0 Å². The number of hydrogen-bond donors (Lipinski definition) is 2. The minimum absolute atomic E-state index is 0.0909. The molecule has 1 heterocycles. The fraction of sp³-hybridized carbons (Fsp3) is 0.111. The maximum Gasteiger partial charge on any atom is 0.276 e. The first-order valence-corrected chi connectivity index (χ1v) is 9.93. The highest BCUT2D eigenvalue weighted by Crippen LogP contribution is 2.22. The third-order valence-corrected chi connectivity index (χ3v) is 5.11. The van der Waals surface area contributed by atoms with Gasteiger partial charge in [0.15, 0.2) is 0 Å². The van der Waals surface area contributed by atoms with Crippen LogP contribution < -0.4 is 9.57 Å². The van der Waals surface area contributed by atoms with Crippen LogP contribution in [0.25, 0.3) is 11.3 Å². The van der Waals surface area contributed by atoms with Crippen LogP contribution in [0.2, 0.25) is 5.02 Å². The van der Waals surface area contributed by atoms with E-state index in [0.29, 0.717) is 28.6 Å². The molecule has 27 heavy (non-hydrogen) atoms. The molecule has 0 atom stereocenters. The number of ether oxygens (including phenoxy) is 1. The molecule has 9 heteroatoms. The van der Waals surface area contributed by atoms with Gasteiger partial charge in [0.1, 0.15) is 5.75 Å². The first-order chi connectivity index (χ1) is 13.0. The van der Waals surface area contributed by atoms with Gasteiger partial charge < -0.3 is 4.74 Å².